The van der Waals surface area contributed by atoms with E-state index < -0.39 is 0 Å². The van der Waals surface area contributed by atoms with Crippen LogP contribution in [0.25, 0.3) is 10.9 Å². The molecule has 3 heteroatoms. The van der Waals surface area contributed by atoms with Gasteiger partial charge in [-0.15, -0.1) is 0 Å². The topological polar surface area (TPSA) is 34.1 Å². The number of fused-ring (bicyclic) bond motifs is 1. The molecule has 2 atom stereocenters. The van der Waals surface area contributed by atoms with E-state index >= 15 is 0 Å². The van der Waals surface area contributed by atoms with Gasteiger partial charge in [-0.3, -0.25) is 4.98 Å². The summed E-state index contributed by atoms with van der Waals surface area (Å²) in [6.45, 7) is 2.14. The molecule has 2 unspecified atom stereocenters. The van der Waals surface area contributed by atoms with Gasteiger partial charge >= 0.3 is 0 Å². The number of methoxy groups -OCH3 is 1. The fourth-order valence-corrected chi connectivity index (χ4v) is 2.39. The molecule has 1 aromatic heterocycles. The van der Waals surface area contributed by atoms with E-state index in [9.17, 15) is 0 Å². The van der Waals surface area contributed by atoms with Crippen molar-refractivity contribution in [2.24, 2.45) is 0 Å². The summed E-state index contributed by atoms with van der Waals surface area (Å²) >= 11 is 0. The van der Waals surface area contributed by atoms with Crippen molar-refractivity contribution in [2.45, 2.75) is 25.5 Å². The third kappa shape index (κ3) is 2.52. The maximum absolute atomic E-state index is 5.54. The van der Waals surface area contributed by atoms with Gasteiger partial charge in [-0.2, -0.15) is 0 Å². The highest BCUT2D eigenvalue weighted by atomic mass is 16.5. The Morgan fingerprint density at radius 1 is 1.33 bits per heavy atom. The van der Waals surface area contributed by atoms with Crippen molar-refractivity contribution >= 4 is 10.9 Å². The second-order valence-corrected chi connectivity index (χ2v) is 4.40. The molecule has 1 N–H and O–H groups in total. The van der Waals surface area contributed by atoms with Gasteiger partial charge in [0.05, 0.1) is 17.7 Å². The van der Waals surface area contributed by atoms with Gasteiger partial charge in [-0.25, -0.2) is 0 Å². The summed E-state index contributed by atoms with van der Waals surface area (Å²) in [5.74, 6) is 0. The fraction of sp³-hybridized carbons (Fsp3) is 0.400. The smallest absolute Gasteiger partial charge is 0.0763 e. The number of rotatable bonds is 5. The third-order valence-corrected chi connectivity index (χ3v) is 3.37. The van der Waals surface area contributed by atoms with Crippen LogP contribution in [-0.2, 0) is 4.74 Å². The Morgan fingerprint density at radius 3 is 2.83 bits per heavy atom. The maximum Gasteiger partial charge on any atom is 0.0763 e. The molecule has 0 aliphatic carbocycles. The van der Waals surface area contributed by atoms with E-state index in [2.05, 4.69) is 41.5 Å². The normalized spacial score (nSPS) is 14.6. The number of aromatic nitrogens is 1. The molecule has 1 aromatic carbocycles. The van der Waals surface area contributed by atoms with Crippen molar-refractivity contribution in [1.82, 2.24) is 10.3 Å². The first-order valence-corrected chi connectivity index (χ1v) is 6.35. The number of nitrogens with one attached hydrogen (secondary N) is 1. The number of ether oxygens (including phenoxy) is 1. The molecule has 0 aliphatic heterocycles. The number of benzene rings is 1. The Morgan fingerprint density at radius 2 is 2.17 bits per heavy atom. The molecule has 0 aliphatic rings. The molecule has 18 heavy (non-hydrogen) atoms. The minimum absolute atomic E-state index is 0.184. The standard InChI is InChI=1S/C15H20N2O/c1-4-14(18-3)15(16-2)12-7-8-13-11(10-12)6-5-9-17-13/h5-10,14-16H,4H2,1-3H3. The fourth-order valence-electron chi connectivity index (χ4n) is 2.39. The van der Waals surface area contributed by atoms with Crippen LogP contribution >= 0.6 is 0 Å². The Bertz CT molecular complexity index is 509. The van der Waals surface area contributed by atoms with Crippen LogP contribution in [0.3, 0.4) is 0 Å². The summed E-state index contributed by atoms with van der Waals surface area (Å²) in [5.41, 5.74) is 2.27. The highest BCUT2D eigenvalue weighted by Gasteiger charge is 2.19. The van der Waals surface area contributed by atoms with E-state index in [4.69, 9.17) is 4.74 Å². The molecule has 2 aromatic rings. The number of nitrogens with zero attached hydrogens (tertiary/aromatic N) is 1. The van der Waals surface area contributed by atoms with Crippen molar-refractivity contribution in [3.63, 3.8) is 0 Å². The summed E-state index contributed by atoms with van der Waals surface area (Å²) in [5, 5.41) is 4.51. The first kappa shape index (κ1) is 13.0. The first-order chi connectivity index (χ1) is 8.80. The summed E-state index contributed by atoms with van der Waals surface area (Å²) in [7, 11) is 3.74. The summed E-state index contributed by atoms with van der Waals surface area (Å²) < 4.78 is 5.54. The van der Waals surface area contributed by atoms with Crippen LogP contribution in [-0.4, -0.2) is 25.2 Å². The van der Waals surface area contributed by atoms with Crippen LogP contribution < -0.4 is 5.32 Å². The lowest BCUT2D eigenvalue weighted by Crippen LogP contribution is -2.30. The first-order valence-electron chi connectivity index (χ1n) is 6.35. The molecule has 0 fully saturated rings. The van der Waals surface area contributed by atoms with Crippen LogP contribution in [0.2, 0.25) is 0 Å². The zero-order valence-corrected chi connectivity index (χ0v) is 11.2. The third-order valence-electron chi connectivity index (χ3n) is 3.37. The number of hydrogen-bond donors (Lipinski definition) is 1. The van der Waals surface area contributed by atoms with Crippen molar-refractivity contribution in [1.29, 1.82) is 0 Å². The quantitative estimate of drug-likeness (QED) is 0.878. The molecule has 0 amide bonds. The van der Waals surface area contributed by atoms with E-state index in [0.717, 1.165) is 11.9 Å². The lowest BCUT2D eigenvalue weighted by molar-refractivity contribution is 0.0676. The summed E-state index contributed by atoms with van der Waals surface area (Å²) in [4.78, 5) is 4.34. The predicted octanol–water partition coefficient (Wildman–Crippen LogP) is 2.92. The lowest BCUT2D eigenvalue weighted by atomic mass is 9.98. The molecule has 0 radical (unpaired) electrons. The van der Waals surface area contributed by atoms with E-state index in [-0.39, 0.29) is 12.1 Å². The Labute approximate surface area is 108 Å². The molecule has 3 nitrogen and oxygen atoms in total. The average Bonchev–Trinajstić information content (AvgIpc) is 2.44. The van der Waals surface area contributed by atoms with Crippen molar-refractivity contribution in [3.05, 3.63) is 42.1 Å². The lowest BCUT2D eigenvalue weighted by Gasteiger charge is -2.25. The average molecular weight is 244 g/mol. The van der Waals surface area contributed by atoms with E-state index in [1.807, 2.05) is 19.3 Å². The van der Waals surface area contributed by atoms with Gasteiger partial charge in [0.15, 0.2) is 0 Å². The minimum Gasteiger partial charge on any atom is -0.379 e. The summed E-state index contributed by atoms with van der Waals surface area (Å²) in [6.07, 6.45) is 2.98. The zero-order valence-electron chi connectivity index (χ0n) is 11.2. The highest BCUT2D eigenvalue weighted by Crippen LogP contribution is 2.24. The van der Waals surface area contributed by atoms with Crippen molar-refractivity contribution in [2.75, 3.05) is 14.2 Å². The Hall–Kier alpha value is -1.45. The minimum atomic E-state index is 0.184. The van der Waals surface area contributed by atoms with Gasteiger partial charge in [0.2, 0.25) is 0 Å². The van der Waals surface area contributed by atoms with Gasteiger partial charge in [0.25, 0.3) is 0 Å². The van der Waals surface area contributed by atoms with E-state index in [1.54, 1.807) is 7.11 Å². The highest BCUT2D eigenvalue weighted by molar-refractivity contribution is 5.79. The number of likely N-dealkylation sites (N-methyl/N-ethyl adjacent to an activating group) is 1. The van der Waals surface area contributed by atoms with Crippen LogP contribution in [0.5, 0.6) is 0 Å². The summed E-state index contributed by atoms with van der Waals surface area (Å²) in [6, 6.07) is 10.6. The van der Waals surface area contributed by atoms with Crippen molar-refractivity contribution < 1.29 is 4.74 Å². The largest absolute Gasteiger partial charge is 0.379 e. The number of hydrogen-bond acceptors (Lipinski definition) is 3. The predicted molar refractivity (Wildman–Crippen MR) is 74.6 cm³/mol. The molecule has 0 spiro atoms. The van der Waals surface area contributed by atoms with E-state index in [0.29, 0.717) is 0 Å². The Kier molecular flexibility index (Phi) is 4.28. The number of pyridine rings is 1. The zero-order chi connectivity index (χ0) is 13.0. The van der Waals surface area contributed by atoms with Crippen LogP contribution in [0, 0.1) is 0 Å². The maximum atomic E-state index is 5.54. The molecule has 0 bridgehead atoms. The van der Waals surface area contributed by atoms with Gasteiger partial charge in [-0.05, 0) is 37.2 Å². The second kappa shape index (κ2) is 5.94. The molecule has 1 heterocycles. The molecule has 96 valence electrons. The monoisotopic (exact) mass is 244 g/mol. The van der Waals surface area contributed by atoms with Gasteiger partial charge < -0.3 is 10.1 Å². The Balaban J connectivity index is 2.39. The molecular weight excluding hydrogens is 224 g/mol. The molecular formula is C15H20N2O. The molecule has 0 saturated carbocycles. The van der Waals surface area contributed by atoms with E-state index in [1.165, 1.54) is 10.9 Å². The van der Waals surface area contributed by atoms with Crippen LogP contribution in [0.4, 0.5) is 0 Å². The van der Waals surface area contributed by atoms with Crippen molar-refractivity contribution in [3.8, 4) is 0 Å². The van der Waals surface area contributed by atoms with Crippen LogP contribution in [0.15, 0.2) is 36.5 Å². The van der Waals surface area contributed by atoms with Gasteiger partial charge in [0, 0.05) is 18.7 Å². The second-order valence-electron chi connectivity index (χ2n) is 4.40. The molecule has 2 rings (SSSR count). The molecule has 0 saturated heterocycles. The SMILES string of the molecule is CCC(OC)C(NC)c1ccc2ncccc2c1. The van der Waals surface area contributed by atoms with Gasteiger partial charge in [-0.1, -0.05) is 19.1 Å². The van der Waals surface area contributed by atoms with Gasteiger partial charge in [0.1, 0.15) is 0 Å². The van der Waals surface area contributed by atoms with Crippen LogP contribution in [0.1, 0.15) is 24.9 Å².